The Kier molecular flexibility index (Phi) is 7.65. The van der Waals surface area contributed by atoms with Gasteiger partial charge >= 0.3 is 12.1 Å². The van der Waals surface area contributed by atoms with Crippen LogP contribution in [0.4, 0.5) is 24.8 Å². The minimum absolute atomic E-state index is 0.0134. The van der Waals surface area contributed by atoms with Gasteiger partial charge in [-0.15, -0.1) is 0 Å². The van der Waals surface area contributed by atoms with Gasteiger partial charge in [-0.25, -0.2) is 23.1 Å². The van der Waals surface area contributed by atoms with Crippen molar-refractivity contribution in [3.8, 4) is 0 Å². The smallest absolute Gasteiger partial charge is 0.367 e. The largest absolute Gasteiger partial charge is 0.471 e. The van der Waals surface area contributed by atoms with E-state index in [0.717, 1.165) is 30.0 Å². The van der Waals surface area contributed by atoms with E-state index in [4.69, 9.17) is 0 Å². The number of aryl methyl sites for hydroxylation is 1. The summed E-state index contributed by atoms with van der Waals surface area (Å²) in [7, 11) is -0.0664. The van der Waals surface area contributed by atoms with Gasteiger partial charge in [0.2, 0.25) is 10.0 Å². The fourth-order valence-electron chi connectivity index (χ4n) is 4.76. The maximum Gasteiger partial charge on any atom is 0.471 e. The van der Waals surface area contributed by atoms with E-state index >= 15 is 0 Å². The number of nitrogens with zero attached hydrogens (tertiary/aromatic N) is 4. The molecule has 0 spiro atoms. The number of amides is 1. The highest BCUT2D eigenvalue weighted by atomic mass is 32.2. The molecule has 0 saturated heterocycles. The van der Waals surface area contributed by atoms with Crippen LogP contribution in [0.3, 0.4) is 0 Å². The van der Waals surface area contributed by atoms with Gasteiger partial charge in [0.1, 0.15) is 17.5 Å². The first-order valence-electron chi connectivity index (χ1n) is 12.1. The highest BCUT2D eigenvalue weighted by Crippen LogP contribution is 2.28. The van der Waals surface area contributed by atoms with Gasteiger partial charge in [-0.2, -0.15) is 13.2 Å². The minimum atomic E-state index is -4.96. The molecule has 37 heavy (non-hydrogen) atoms. The van der Waals surface area contributed by atoms with Crippen molar-refractivity contribution in [1.82, 2.24) is 19.6 Å². The summed E-state index contributed by atoms with van der Waals surface area (Å²) >= 11 is 0. The quantitative estimate of drug-likeness (QED) is 0.580. The van der Waals surface area contributed by atoms with Crippen molar-refractivity contribution < 1.29 is 26.4 Å². The lowest BCUT2D eigenvalue weighted by molar-refractivity contribution is -0.186. The molecule has 1 aliphatic carbocycles. The van der Waals surface area contributed by atoms with Crippen LogP contribution in [0.5, 0.6) is 0 Å². The molecule has 0 radical (unpaired) electrons. The fourth-order valence-corrected chi connectivity index (χ4v) is 6.12. The second-order valence-corrected chi connectivity index (χ2v) is 11.5. The molecule has 1 fully saturated rings. The highest BCUT2D eigenvalue weighted by Gasteiger charge is 2.43. The van der Waals surface area contributed by atoms with Crippen molar-refractivity contribution >= 4 is 27.6 Å². The van der Waals surface area contributed by atoms with Crippen molar-refractivity contribution in [2.24, 2.45) is 0 Å². The van der Waals surface area contributed by atoms with E-state index in [-0.39, 0.29) is 36.5 Å². The summed E-state index contributed by atoms with van der Waals surface area (Å²) in [5.74, 6) is 0.274. The van der Waals surface area contributed by atoms with E-state index in [1.54, 1.807) is 6.07 Å². The van der Waals surface area contributed by atoms with Crippen molar-refractivity contribution in [3.05, 3.63) is 41.2 Å². The Labute approximate surface area is 214 Å². The number of fused-ring (bicyclic) bond motifs is 1. The number of hydrogen-bond acceptors (Lipinski definition) is 7. The molecule has 1 aromatic heterocycles. The summed E-state index contributed by atoms with van der Waals surface area (Å²) in [4.78, 5) is 23.1. The Morgan fingerprint density at radius 3 is 2.38 bits per heavy atom. The number of nitrogens with one attached hydrogen (secondary N) is 2. The van der Waals surface area contributed by atoms with E-state index in [2.05, 4.69) is 20.0 Å². The van der Waals surface area contributed by atoms with Gasteiger partial charge in [-0.3, -0.25) is 4.79 Å². The lowest BCUT2D eigenvalue weighted by atomic mass is 9.92. The Bertz CT molecular complexity index is 1260. The number of benzene rings is 1. The summed E-state index contributed by atoms with van der Waals surface area (Å²) in [6.45, 7) is 1.50. The van der Waals surface area contributed by atoms with Crippen molar-refractivity contribution in [2.75, 3.05) is 30.9 Å². The highest BCUT2D eigenvalue weighted by molar-refractivity contribution is 7.89. The number of rotatable bonds is 6. The van der Waals surface area contributed by atoms with Crippen LogP contribution in [0, 0.1) is 6.92 Å². The zero-order valence-electron chi connectivity index (χ0n) is 21.0. The van der Waals surface area contributed by atoms with Crippen molar-refractivity contribution in [2.45, 2.75) is 68.7 Å². The summed E-state index contributed by atoms with van der Waals surface area (Å²) < 4.78 is 67.4. The van der Waals surface area contributed by atoms with E-state index in [1.807, 2.05) is 32.0 Å². The lowest BCUT2D eigenvalue weighted by Crippen LogP contribution is -2.43. The number of anilines is 2. The molecule has 2 N–H and O–H groups in total. The average Bonchev–Trinajstić information content (AvgIpc) is 2.83. The molecule has 2 aromatic rings. The van der Waals surface area contributed by atoms with Crippen LogP contribution in [-0.4, -0.2) is 68.1 Å². The first kappa shape index (κ1) is 27.1. The van der Waals surface area contributed by atoms with E-state index < -0.39 is 22.1 Å². The van der Waals surface area contributed by atoms with Gasteiger partial charge in [0.25, 0.3) is 0 Å². The fraction of sp³-hybridized carbons (Fsp3) is 0.542. The summed E-state index contributed by atoms with van der Waals surface area (Å²) in [5, 5.41) is 3.42. The minimum Gasteiger partial charge on any atom is -0.367 e. The van der Waals surface area contributed by atoms with Crippen LogP contribution in [0.15, 0.2) is 29.2 Å². The van der Waals surface area contributed by atoms with Crippen LogP contribution in [0.25, 0.3) is 0 Å². The summed E-state index contributed by atoms with van der Waals surface area (Å²) in [5.41, 5.74) is 1.16. The van der Waals surface area contributed by atoms with Crippen LogP contribution in [0.2, 0.25) is 0 Å². The van der Waals surface area contributed by atoms with Gasteiger partial charge in [-0.05, 0) is 62.3 Å². The summed E-state index contributed by atoms with van der Waals surface area (Å²) in [6, 6.07) is 6.22. The molecule has 1 aliphatic heterocycles. The first-order chi connectivity index (χ1) is 17.3. The standard InChI is InChI=1S/C24H31F3N6O3S/c1-15-28-21(13-22(29-15)32(2)3)30-18-5-7-19(8-6-18)31-37(35,36)20-9-4-16-10-11-33(14-17(16)12-20)23(34)24(25,26)27/h4,9,12-13,18-19,31H,5-8,10-11,14H2,1-3H3,(H,28,29,30). The second kappa shape index (κ2) is 10.4. The number of sulfonamides is 1. The number of hydrogen-bond donors (Lipinski definition) is 2. The Hall–Kier alpha value is -2.93. The first-order valence-corrected chi connectivity index (χ1v) is 13.6. The predicted octanol–water partition coefficient (Wildman–Crippen LogP) is 3.00. The maximum atomic E-state index is 13.1. The number of carbonyl (C=O) groups is 1. The number of aromatic nitrogens is 2. The van der Waals surface area contributed by atoms with Crippen molar-refractivity contribution in [3.63, 3.8) is 0 Å². The Morgan fingerprint density at radius 2 is 1.73 bits per heavy atom. The van der Waals surface area contributed by atoms with Gasteiger partial charge in [-0.1, -0.05) is 6.07 Å². The van der Waals surface area contributed by atoms with Crippen LogP contribution >= 0.6 is 0 Å². The zero-order valence-corrected chi connectivity index (χ0v) is 21.8. The third-order valence-electron chi connectivity index (χ3n) is 6.71. The number of carbonyl (C=O) groups excluding carboxylic acids is 1. The molecule has 0 bridgehead atoms. The molecule has 1 aromatic carbocycles. The lowest BCUT2D eigenvalue weighted by Gasteiger charge is -2.31. The van der Waals surface area contributed by atoms with Crippen LogP contribution in [-0.2, 0) is 27.8 Å². The monoisotopic (exact) mass is 540 g/mol. The molecule has 1 amide bonds. The third kappa shape index (κ3) is 6.50. The molecular formula is C24H31F3N6O3S. The molecule has 202 valence electrons. The maximum absolute atomic E-state index is 13.1. The average molecular weight is 541 g/mol. The number of halogens is 3. The molecule has 0 unspecified atom stereocenters. The normalized spacial score (nSPS) is 20.3. The van der Waals surface area contributed by atoms with E-state index in [1.165, 1.54) is 12.1 Å². The predicted molar refractivity (Wildman–Crippen MR) is 133 cm³/mol. The molecular weight excluding hydrogens is 509 g/mol. The van der Waals surface area contributed by atoms with Crippen molar-refractivity contribution in [1.29, 1.82) is 0 Å². The van der Waals surface area contributed by atoms with Crippen LogP contribution < -0.4 is 14.9 Å². The van der Waals surface area contributed by atoms with Gasteiger partial charge in [0, 0.05) is 45.3 Å². The topological polar surface area (TPSA) is 108 Å². The molecule has 13 heteroatoms. The molecule has 9 nitrogen and oxygen atoms in total. The SMILES string of the molecule is Cc1nc(NC2CCC(NS(=O)(=O)c3ccc4c(c3)CN(C(=O)C(F)(F)F)CC4)CC2)cc(N(C)C)n1. The molecule has 2 aliphatic rings. The zero-order chi connectivity index (χ0) is 27.0. The summed E-state index contributed by atoms with van der Waals surface area (Å²) in [6.07, 6.45) is -1.99. The molecule has 2 heterocycles. The molecule has 0 atom stereocenters. The Balaban J connectivity index is 1.37. The molecule has 1 saturated carbocycles. The number of alkyl halides is 3. The molecule has 4 rings (SSSR count). The third-order valence-corrected chi connectivity index (χ3v) is 8.23. The van der Waals surface area contributed by atoms with Gasteiger partial charge < -0.3 is 15.1 Å². The van der Waals surface area contributed by atoms with E-state index in [0.29, 0.717) is 29.1 Å². The van der Waals surface area contributed by atoms with Crippen LogP contribution in [0.1, 0.15) is 42.6 Å². The second-order valence-electron chi connectivity index (χ2n) is 9.77. The van der Waals surface area contributed by atoms with E-state index in [9.17, 15) is 26.4 Å². The van der Waals surface area contributed by atoms with Gasteiger partial charge in [0.15, 0.2) is 0 Å². The Morgan fingerprint density at radius 1 is 1.05 bits per heavy atom. The van der Waals surface area contributed by atoms with Gasteiger partial charge in [0.05, 0.1) is 4.90 Å².